The Kier molecular flexibility index (Phi) is 6.35. The Morgan fingerprint density at radius 3 is 2.38 bits per heavy atom. The first-order chi connectivity index (χ1) is 12.2. The van der Waals surface area contributed by atoms with Crippen molar-refractivity contribution in [3.63, 3.8) is 0 Å². The zero-order chi connectivity index (χ0) is 19.3. The van der Waals surface area contributed by atoms with Crippen LogP contribution >= 0.6 is 0 Å². The fraction of sp³-hybridized carbons (Fsp3) is 0.476. The number of nitrogens with zero attached hydrogens (tertiary/aromatic N) is 2. The highest BCUT2D eigenvalue weighted by atomic mass is 16.5. The summed E-state index contributed by atoms with van der Waals surface area (Å²) in [4.78, 5) is 20.8. The molecule has 0 aliphatic carbocycles. The van der Waals surface area contributed by atoms with E-state index >= 15 is 0 Å². The summed E-state index contributed by atoms with van der Waals surface area (Å²) in [5.74, 6) is 0.993. The summed E-state index contributed by atoms with van der Waals surface area (Å²) in [6.45, 7) is 12.7. The lowest BCUT2D eigenvalue weighted by atomic mass is 9.89. The number of hydrogen-bond acceptors (Lipinski definition) is 4. The van der Waals surface area contributed by atoms with E-state index in [2.05, 4.69) is 49.9 Å². The van der Waals surface area contributed by atoms with Gasteiger partial charge >= 0.3 is 0 Å². The molecule has 0 spiro atoms. The van der Waals surface area contributed by atoms with Gasteiger partial charge in [0.15, 0.2) is 6.10 Å². The van der Waals surface area contributed by atoms with Crippen LogP contribution in [0.5, 0.6) is 5.75 Å². The Morgan fingerprint density at radius 1 is 1.15 bits per heavy atom. The van der Waals surface area contributed by atoms with Crippen LogP contribution in [0.3, 0.4) is 0 Å². The van der Waals surface area contributed by atoms with Crippen molar-refractivity contribution in [3.8, 4) is 5.75 Å². The van der Waals surface area contributed by atoms with Crippen molar-refractivity contribution in [2.75, 3.05) is 0 Å². The second-order valence-corrected chi connectivity index (χ2v) is 7.85. The average molecular weight is 355 g/mol. The van der Waals surface area contributed by atoms with Crippen LogP contribution in [0.4, 0.5) is 0 Å². The number of aromatic nitrogens is 2. The van der Waals surface area contributed by atoms with Gasteiger partial charge in [0.25, 0.3) is 5.91 Å². The number of benzene rings is 1. The first-order valence-electron chi connectivity index (χ1n) is 9.02. The first kappa shape index (κ1) is 19.9. The van der Waals surface area contributed by atoms with Crippen LogP contribution in [-0.4, -0.2) is 22.0 Å². The van der Waals surface area contributed by atoms with E-state index < -0.39 is 6.10 Å². The highest BCUT2D eigenvalue weighted by Crippen LogP contribution is 2.23. The smallest absolute Gasteiger partial charge is 0.261 e. The van der Waals surface area contributed by atoms with Crippen LogP contribution in [0.15, 0.2) is 36.8 Å². The summed E-state index contributed by atoms with van der Waals surface area (Å²) in [5.41, 5.74) is 2.99. The summed E-state index contributed by atoms with van der Waals surface area (Å²) in [7, 11) is 0. The van der Waals surface area contributed by atoms with Crippen molar-refractivity contribution in [2.45, 2.75) is 65.5 Å². The third-order valence-corrected chi connectivity index (χ3v) is 4.18. The molecule has 0 aliphatic heterocycles. The van der Waals surface area contributed by atoms with Gasteiger partial charge in [0.05, 0.1) is 5.69 Å². The highest BCUT2D eigenvalue weighted by molar-refractivity contribution is 5.80. The molecule has 1 atom stereocenters. The Balaban J connectivity index is 1.96. The largest absolute Gasteiger partial charge is 0.481 e. The van der Waals surface area contributed by atoms with E-state index in [1.165, 1.54) is 5.56 Å². The summed E-state index contributed by atoms with van der Waals surface area (Å²) in [6.07, 6.45) is 2.71. The standard InChI is InChI=1S/C21H29N3O2/c1-14(2)16-7-9-18(10-8-16)26-15(3)20(25)23-12-17-11-22-13-24-19(17)21(4,5)6/h7-11,13-15H,12H2,1-6H3,(H,23,25). The molecule has 0 fully saturated rings. The number of carbonyl (C=O) groups excluding carboxylic acids is 1. The lowest BCUT2D eigenvalue weighted by molar-refractivity contribution is -0.127. The molecule has 140 valence electrons. The summed E-state index contributed by atoms with van der Waals surface area (Å²) >= 11 is 0. The first-order valence-corrected chi connectivity index (χ1v) is 9.02. The van der Waals surface area contributed by atoms with Crippen molar-refractivity contribution in [1.82, 2.24) is 15.3 Å². The number of hydrogen-bond donors (Lipinski definition) is 1. The Morgan fingerprint density at radius 2 is 1.81 bits per heavy atom. The van der Waals surface area contributed by atoms with Crippen LogP contribution in [0, 0.1) is 0 Å². The minimum atomic E-state index is -0.581. The quantitative estimate of drug-likeness (QED) is 0.851. The van der Waals surface area contributed by atoms with Gasteiger partial charge in [-0.05, 0) is 30.5 Å². The predicted molar refractivity (Wildman–Crippen MR) is 103 cm³/mol. The fourth-order valence-corrected chi connectivity index (χ4v) is 2.68. The van der Waals surface area contributed by atoms with E-state index in [0.717, 1.165) is 11.3 Å². The number of nitrogens with one attached hydrogen (secondary N) is 1. The van der Waals surface area contributed by atoms with Gasteiger partial charge in [-0.3, -0.25) is 4.79 Å². The molecular weight excluding hydrogens is 326 g/mol. The molecule has 5 heteroatoms. The maximum Gasteiger partial charge on any atom is 0.261 e. The molecule has 2 rings (SSSR count). The van der Waals surface area contributed by atoms with Crippen molar-refractivity contribution in [1.29, 1.82) is 0 Å². The molecular formula is C21H29N3O2. The minimum Gasteiger partial charge on any atom is -0.481 e. The molecule has 0 saturated carbocycles. The van der Waals surface area contributed by atoms with E-state index in [4.69, 9.17) is 4.74 Å². The van der Waals surface area contributed by atoms with Crippen LogP contribution in [0.1, 0.15) is 64.3 Å². The van der Waals surface area contributed by atoms with E-state index in [9.17, 15) is 4.79 Å². The number of amides is 1. The number of ether oxygens (including phenoxy) is 1. The predicted octanol–water partition coefficient (Wildman–Crippen LogP) is 3.98. The molecule has 2 aromatic rings. The third kappa shape index (κ3) is 5.28. The van der Waals surface area contributed by atoms with E-state index in [1.54, 1.807) is 19.4 Å². The maximum atomic E-state index is 12.4. The maximum absolute atomic E-state index is 12.4. The van der Waals surface area contributed by atoms with Crippen molar-refractivity contribution in [3.05, 3.63) is 53.6 Å². The Hall–Kier alpha value is -2.43. The number of carbonyl (C=O) groups is 1. The van der Waals surface area contributed by atoms with Gasteiger partial charge in [0, 0.05) is 23.7 Å². The lowest BCUT2D eigenvalue weighted by Crippen LogP contribution is -2.36. The monoisotopic (exact) mass is 355 g/mol. The van der Waals surface area contributed by atoms with Gasteiger partial charge in [-0.2, -0.15) is 0 Å². The van der Waals surface area contributed by atoms with Gasteiger partial charge in [-0.25, -0.2) is 9.97 Å². The van der Waals surface area contributed by atoms with E-state index in [-0.39, 0.29) is 11.3 Å². The van der Waals surface area contributed by atoms with Crippen LogP contribution in [0.25, 0.3) is 0 Å². The molecule has 0 saturated heterocycles. The van der Waals surface area contributed by atoms with Crippen LogP contribution in [0.2, 0.25) is 0 Å². The van der Waals surface area contributed by atoms with Crippen LogP contribution < -0.4 is 10.1 Å². The Bertz CT molecular complexity index is 734. The molecule has 26 heavy (non-hydrogen) atoms. The normalized spacial score (nSPS) is 12.7. The molecule has 1 aromatic carbocycles. The molecule has 0 bridgehead atoms. The SMILES string of the molecule is CC(Oc1ccc(C(C)C)cc1)C(=O)NCc1cncnc1C(C)(C)C. The van der Waals surface area contributed by atoms with Gasteiger partial charge in [0.1, 0.15) is 12.1 Å². The molecule has 1 heterocycles. The molecule has 5 nitrogen and oxygen atoms in total. The third-order valence-electron chi connectivity index (χ3n) is 4.18. The van der Waals surface area contributed by atoms with Crippen molar-refractivity contribution >= 4 is 5.91 Å². The average Bonchev–Trinajstić information content (AvgIpc) is 2.59. The second kappa shape index (κ2) is 8.30. The van der Waals surface area contributed by atoms with Gasteiger partial charge in [-0.15, -0.1) is 0 Å². The number of rotatable bonds is 6. The lowest BCUT2D eigenvalue weighted by Gasteiger charge is -2.21. The molecule has 1 amide bonds. The Labute approximate surface area is 156 Å². The highest BCUT2D eigenvalue weighted by Gasteiger charge is 2.21. The van der Waals surface area contributed by atoms with E-state index in [1.807, 2.05) is 24.3 Å². The summed E-state index contributed by atoms with van der Waals surface area (Å²) < 4.78 is 5.75. The second-order valence-electron chi connectivity index (χ2n) is 7.85. The van der Waals surface area contributed by atoms with Crippen molar-refractivity contribution < 1.29 is 9.53 Å². The minimum absolute atomic E-state index is 0.108. The molecule has 1 unspecified atom stereocenters. The van der Waals surface area contributed by atoms with E-state index in [0.29, 0.717) is 18.2 Å². The zero-order valence-corrected chi connectivity index (χ0v) is 16.5. The molecule has 1 N–H and O–H groups in total. The summed E-state index contributed by atoms with van der Waals surface area (Å²) in [6, 6.07) is 7.87. The van der Waals surface area contributed by atoms with Crippen LogP contribution in [-0.2, 0) is 16.8 Å². The van der Waals surface area contributed by atoms with Gasteiger partial charge in [0.2, 0.25) is 0 Å². The van der Waals surface area contributed by atoms with Gasteiger partial charge in [-0.1, -0.05) is 46.8 Å². The molecule has 0 aliphatic rings. The van der Waals surface area contributed by atoms with Gasteiger partial charge < -0.3 is 10.1 Å². The van der Waals surface area contributed by atoms with Crippen molar-refractivity contribution in [2.24, 2.45) is 0 Å². The molecule has 1 aromatic heterocycles. The fourth-order valence-electron chi connectivity index (χ4n) is 2.68. The topological polar surface area (TPSA) is 64.1 Å². The summed E-state index contributed by atoms with van der Waals surface area (Å²) in [5, 5.41) is 2.92. The molecule has 0 radical (unpaired) electrons. The zero-order valence-electron chi connectivity index (χ0n) is 16.5.